The third kappa shape index (κ3) is 2.03. The first-order chi connectivity index (χ1) is 5.74. The Morgan fingerprint density at radius 1 is 1.83 bits per heavy atom. The number of hydrogen-bond donors (Lipinski definition) is 1. The van der Waals surface area contributed by atoms with Gasteiger partial charge in [0, 0.05) is 24.5 Å². The van der Waals surface area contributed by atoms with Gasteiger partial charge >= 0.3 is 6.09 Å². The second kappa shape index (κ2) is 3.82. The summed E-state index contributed by atoms with van der Waals surface area (Å²) in [5.74, 6) is 0.206. The highest BCUT2D eigenvalue weighted by Gasteiger charge is 2.24. The number of rotatable bonds is 2. The maximum Gasteiger partial charge on any atom is 0.407 e. The lowest BCUT2D eigenvalue weighted by Gasteiger charge is -2.10. The van der Waals surface area contributed by atoms with E-state index in [-0.39, 0.29) is 5.92 Å². The van der Waals surface area contributed by atoms with Crippen molar-refractivity contribution >= 4 is 6.09 Å². The molecule has 0 saturated carbocycles. The molecule has 1 rings (SSSR count). The van der Waals surface area contributed by atoms with Crippen LogP contribution < -0.4 is 0 Å². The molecule has 6 heteroatoms. The zero-order chi connectivity index (χ0) is 8.97. The summed E-state index contributed by atoms with van der Waals surface area (Å²) in [6.07, 6.45) is -0.0934. The summed E-state index contributed by atoms with van der Waals surface area (Å²) in [5.41, 5.74) is 8.03. The Hall–Kier alpha value is -1.42. The molecular formula is C6H10N4O2. The third-order valence-electron chi connectivity index (χ3n) is 1.96. The summed E-state index contributed by atoms with van der Waals surface area (Å²) in [7, 11) is 0. The van der Waals surface area contributed by atoms with Crippen LogP contribution in [-0.2, 0) is 0 Å². The van der Waals surface area contributed by atoms with Gasteiger partial charge in [-0.1, -0.05) is 5.11 Å². The van der Waals surface area contributed by atoms with Crippen LogP contribution in [0.3, 0.4) is 0 Å². The lowest BCUT2D eigenvalue weighted by Crippen LogP contribution is -2.26. The van der Waals surface area contributed by atoms with Crippen molar-refractivity contribution in [2.45, 2.75) is 6.42 Å². The first-order valence-electron chi connectivity index (χ1n) is 3.72. The molecule has 1 fully saturated rings. The van der Waals surface area contributed by atoms with Crippen molar-refractivity contribution in [3.05, 3.63) is 10.4 Å². The van der Waals surface area contributed by atoms with Crippen molar-refractivity contribution in [1.29, 1.82) is 0 Å². The second-order valence-electron chi connectivity index (χ2n) is 2.80. The minimum atomic E-state index is -0.890. The van der Waals surface area contributed by atoms with Crippen molar-refractivity contribution in [2.75, 3.05) is 19.6 Å². The van der Waals surface area contributed by atoms with Gasteiger partial charge in [0.05, 0.1) is 0 Å². The summed E-state index contributed by atoms with van der Waals surface area (Å²) in [4.78, 5) is 14.4. The highest BCUT2D eigenvalue weighted by atomic mass is 16.4. The molecule has 0 radical (unpaired) electrons. The zero-order valence-corrected chi connectivity index (χ0v) is 6.55. The molecule has 1 N–H and O–H groups in total. The number of likely N-dealkylation sites (tertiary alicyclic amines) is 1. The maximum absolute atomic E-state index is 10.4. The van der Waals surface area contributed by atoms with Crippen molar-refractivity contribution in [3.63, 3.8) is 0 Å². The van der Waals surface area contributed by atoms with Gasteiger partial charge in [0.15, 0.2) is 0 Å². The van der Waals surface area contributed by atoms with Crippen molar-refractivity contribution in [1.82, 2.24) is 4.90 Å². The smallest absolute Gasteiger partial charge is 0.407 e. The normalized spacial score (nSPS) is 22.0. The number of carbonyl (C=O) groups is 1. The summed E-state index contributed by atoms with van der Waals surface area (Å²) >= 11 is 0. The number of azide groups is 1. The molecular weight excluding hydrogens is 160 g/mol. The second-order valence-corrected chi connectivity index (χ2v) is 2.80. The number of amides is 1. The molecule has 66 valence electrons. The van der Waals surface area contributed by atoms with E-state index in [1.165, 1.54) is 4.90 Å². The summed E-state index contributed by atoms with van der Waals surface area (Å²) in [5, 5.41) is 12.0. The van der Waals surface area contributed by atoms with Crippen LogP contribution in [0.25, 0.3) is 10.4 Å². The Balaban J connectivity index is 2.35. The Bertz CT molecular complexity index is 224. The van der Waals surface area contributed by atoms with Gasteiger partial charge in [-0.25, -0.2) is 4.79 Å². The van der Waals surface area contributed by atoms with Gasteiger partial charge in [-0.15, -0.1) is 0 Å². The van der Waals surface area contributed by atoms with Crippen molar-refractivity contribution in [2.24, 2.45) is 11.0 Å². The van der Waals surface area contributed by atoms with Gasteiger partial charge in [-0.05, 0) is 17.9 Å². The number of carboxylic acid groups (broad SMARTS) is 1. The maximum atomic E-state index is 10.4. The van der Waals surface area contributed by atoms with E-state index in [1.54, 1.807) is 0 Å². The average molecular weight is 170 g/mol. The van der Waals surface area contributed by atoms with Crippen LogP contribution in [-0.4, -0.2) is 35.7 Å². The summed E-state index contributed by atoms with van der Waals surface area (Å²) in [6, 6.07) is 0. The number of nitrogens with zero attached hydrogens (tertiary/aromatic N) is 4. The van der Waals surface area contributed by atoms with E-state index >= 15 is 0 Å². The fourth-order valence-corrected chi connectivity index (χ4v) is 1.31. The summed E-state index contributed by atoms with van der Waals surface area (Å²) in [6.45, 7) is 1.45. The van der Waals surface area contributed by atoms with E-state index in [1.807, 2.05) is 0 Å². The Kier molecular flexibility index (Phi) is 2.76. The average Bonchev–Trinajstić information content (AvgIpc) is 2.48. The van der Waals surface area contributed by atoms with Crippen molar-refractivity contribution in [3.8, 4) is 0 Å². The quantitative estimate of drug-likeness (QED) is 0.384. The standard InChI is InChI=1S/C6H10N4O2/c7-9-8-3-5-1-2-10(4-5)6(11)12/h5H,1-4H2,(H,11,12)/t5-/m0/s1. The lowest BCUT2D eigenvalue weighted by molar-refractivity contribution is 0.154. The molecule has 1 amide bonds. The molecule has 6 nitrogen and oxygen atoms in total. The van der Waals surface area contributed by atoms with E-state index in [0.29, 0.717) is 19.6 Å². The third-order valence-corrected chi connectivity index (χ3v) is 1.96. The minimum Gasteiger partial charge on any atom is -0.465 e. The predicted molar refractivity (Wildman–Crippen MR) is 41.7 cm³/mol. The first-order valence-corrected chi connectivity index (χ1v) is 3.72. The molecule has 0 bridgehead atoms. The first kappa shape index (κ1) is 8.67. The van der Waals surface area contributed by atoms with E-state index in [9.17, 15) is 4.79 Å². The lowest BCUT2D eigenvalue weighted by atomic mass is 10.1. The molecule has 1 heterocycles. The van der Waals surface area contributed by atoms with Crippen LogP contribution in [0.5, 0.6) is 0 Å². The van der Waals surface area contributed by atoms with Crippen LogP contribution in [0.2, 0.25) is 0 Å². The van der Waals surface area contributed by atoms with E-state index < -0.39 is 6.09 Å². The van der Waals surface area contributed by atoms with E-state index in [0.717, 1.165) is 6.42 Å². The molecule has 0 spiro atoms. The summed E-state index contributed by atoms with van der Waals surface area (Å²) < 4.78 is 0. The van der Waals surface area contributed by atoms with E-state index in [4.69, 9.17) is 10.6 Å². The molecule has 0 aromatic carbocycles. The predicted octanol–water partition coefficient (Wildman–Crippen LogP) is 1.30. The molecule has 0 unspecified atom stereocenters. The molecule has 0 aliphatic carbocycles. The van der Waals surface area contributed by atoms with Crippen LogP contribution in [0.15, 0.2) is 5.11 Å². The largest absolute Gasteiger partial charge is 0.465 e. The van der Waals surface area contributed by atoms with Gasteiger partial charge in [0.2, 0.25) is 0 Å². The monoisotopic (exact) mass is 170 g/mol. The van der Waals surface area contributed by atoms with Crippen LogP contribution >= 0.6 is 0 Å². The molecule has 0 aromatic heterocycles. The Morgan fingerprint density at radius 3 is 3.08 bits per heavy atom. The molecule has 1 aliphatic heterocycles. The topological polar surface area (TPSA) is 89.3 Å². The fourth-order valence-electron chi connectivity index (χ4n) is 1.31. The van der Waals surface area contributed by atoms with E-state index in [2.05, 4.69) is 10.0 Å². The van der Waals surface area contributed by atoms with Crippen LogP contribution in [0.1, 0.15) is 6.42 Å². The Labute approximate surface area is 69.4 Å². The van der Waals surface area contributed by atoms with Crippen LogP contribution in [0.4, 0.5) is 4.79 Å². The molecule has 12 heavy (non-hydrogen) atoms. The highest BCUT2D eigenvalue weighted by Crippen LogP contribution is 2.16. The Morgan fingerprint density at radius 2 is 2.58 bits per heavy atom. The molecule has 0 aromatic rings. The van der Waals surface area contributed by atoms with Gasteiger partial charge in [0.25, 0.3) is 0 Å². The minimum absolute atomic E-state index is 0.206. The highest BCUT2D eigenvalue weighted by molar-refractivity contribution is 5.65. The molecule has 1 atom stereocenters. The molecule has 1 saturated heterocycles. The van der Waals surface area contributed by atoms with Gasteiger partial charge in [0.1, 0.15) is 0 Å². The molecule has 1 aliphatic rings. The van der Waals surface area contributed by atoms with Crippen molar-refractivity contribution < 1.29 is 9.90 Å². The zero-order valence-electron chi connectivity index (χ0n) is 6.55. The van der Waals surface area contributed by atoms with Gasteiger partial charge in [-0.2, -0.15) is 0 Å². The fraction of sp³-hybridized carbons (Fsp3) is 0.833. The number of hydrogen-bond acceptors (Lipinski definition) is 2. The van der Waals surface area contributed by atoms with Crippen LogP contribution in [0, 0.1) is 5.92 Å². The van der Waals surface area contributed by atoms with Gasteiger partial charge in [-0.3, -0.25) is 0 Å². The SMILES string of the molecule is [N-]=[N+]=NC[C@@H]1CCN(C(=O)O)C1. The van der Waals surface area contributed by atoms with Gasteiger partial charge < -0.3 is 10.0 Å².